The van der Waals surface area contributed by atoms with E-state index in [1.807, 2.05) is 19.1 Å². The third-order valence-corrected chi connectivity index (χ3v) is 5.57. The minimum absolute atomic E-state index is 0.244. The summed E-state index contributed by atoms with van der Waals surface area (Å²) in [5.74, 6) is 0.280. The SMILES string of the molecule is CCOC(=O)/C=C/C([Se]c1ccccc1)C(C)C. The fourth-order valence-electron chi connectivity index (χ4n) is 1.42. The van der Waals surface area contributed by atoms with Crippen molar-refractivity contribution in [3.05, 3.63) is 42.5 Å². The van der Waals surface area contributed by atoms with Crippen LogP contribution in [0.4, 0.5) is 0 Å². The predicted octanol–water partition coefficient (Wildman–Crippen LogP) is 2.58. The summed E-state index contributed by atoms with van der Waals surface area (Å²) in [7, 11) is 0. The Morgan fingerprint density at radius 2 is 2.00 bits per heavy atom. The molecule has 0 spiro atoms. The number of hydrogen-bond acceptors (Lipinski definition) is 2. The summed E-state index contributed by atoms with van der Waals surface area (Å²) >= 11 is 0.346. The van der Waals surface area contributed by atoms with Crippen LogP contribution in [-0.2, 0) is 9.53 Å². The van der Waals surface area contributed by atoms with E-state index in [2.05, 4.69) is 38.1 Å². The molecule has 0 saturated heterocycles. The van der Waals surface area contributed by atoms with Gasteiger partial charge in [0.1, 0.15) is 0 Å². The summed E-state index contributed by atoms with van der Waals surface area (Å²) in [6, 6.07) is 10.4. The first kappa shape index (κ1) is 15.0. The zero-order chi connectivity index (χ0) is 13.4. The number of ether oxygens (including phenoxy) is 1. The molecule has 0 aliphatic rings. The number of rotatable bonds is 6. The monoisotopic (exact) mass is 312 g/mol. The van der Waals surface area contributed by atoms with E-state index in [1.165, 1.54) is 4.46 Å². The van der Waals surface area contributed by atoms with E-state index in [0.717, 1.165) is 0 Å². The molecule has 1 aromatic carbocycles. The molecule has 0 aromatic heterocycles. The number of hydrogen-bond donors (Lipinski definition) is 0. The van der Waals surface area contributed by atoms with Crippen molar-refractivity contribution < 1.29 is 9.53 Å². The van der Waals surface area contributed by atoms with Gasteiger partial charge in [0.15, 0.2) is 0 Å². The molecule has 0 saturated carbocycles. The molecule has 0 heterocycles. The van der Waals surface area contributed by atoms with Crippen LogP contribution < -0.4 is 4.46 Å². The van der Waals surface area contributed by atoms with Gasteiger partial charge in [0.05, 0.1) is 0 Å². The van der Waals surface area contributed by atoms with E-state index < -0.39 is 0 Å². The maximum atomic E-state index is 11.3. The summed E-state index contributed by atoms with van der Waals surface area (Å²) in [6.07, 6.45) is 3.56. The molecule has 0 aliphatic carbocycles. The number of allylic oxidation sites excluding steroid dienone is 1. The molecule has 1 rings (SSSR count). The van der Waals surface area contributed by atoms with E-state index in [9.17, 15) is 4.79 Å². The molecule has 1 atom stereocenters. The van der Waals surface area contributed by atoms with Gasteiger partial charge in [0, 0.05) is 0 Å². The summed E-state index contributed by atoms with van der Waals surface area (Å²) in [4.78, 5) is 11.7. The van der Waals surface area contributed by atoms with Crippen molar-refractivity contribution in [3.8, 4) is 0 Å². The van der Waals surface area contributed by atoms with Gasteiger partial charge in [-0.05, 0) is 0 Å². The van der Waals surface area contributed by atoms with Gasteiger partial charge in [-0.15, -0.1) is 0 Å². The minimum atomic E-state index is -0.244. The van der Waals surface area contributed by atoms with Crippen LogP contribution >= 0.6 is 0 Å². The first-order valence-corrected chi connectivity index (χ1v) is 8.04. The molecule has 1 aromatic rings. The summed E-state index contributed by atoms with van der Waals surface area (Å²) in [6.45, 7) is 6.62. The third-order valence-electron chi connectivity index (χ3n) is 2.38. The van der Waals surface area contributed by atoms with Gasteiger partial charge >= 0.3 is 116 Å². The standard InChI is InChI=1S/C15H20O2Se/c1-4-17-15(16)11-10-14(12(2)3)18-13-8-6-5-7-9-13/h5-12,14H,4H2,1-3H3/b11-10+. The molecule has 0 aliphatic heterocycles. The topological polar surface area (TPSA) is 26.3 Å². The van der Waals surface area contributed by atoms with Crippen LogP contribution in [0.15, 0.2) is 42.5 Å². The van der Waals surface area contributed by atoms with Crippen LogP contribution in [0.1, 0.15) is 20.8 Å². The molecular formula is C15H20O2Se. The summed E-state index contributed by atoms with van der Waals surface area (Å²) < 4.78 is 6.26. The zero-order valence-corrected chi connectivity index (χ0v) is 12.8. The average Bonchev–Trinajstić information content (AvgIpc) is 2.35. The molecule has 3 heteroatoms. The second-order valence-corrected chi connectivity index (χ2v) is 6.88. The first-order valence-electron chi connectivity index (χ1n) is 6.20. The van der Waals surface area contributed by atoms with E-state index in [4.69, 9.17) is 4.74 Å². The molecule has 0 N–H and O–H groups in total. The Hall–Kier alpha value is -1.05. The van der Waals surface area contributed by atoms with Crippen LogP contribution in [0.3, 0.4) is 0 Å². The third kappa shape index (κ3) is 5.52. The molecule has 1 unspecified atom stereocenters. The van der Waals surface area contributed by atoms with E-state index in [1.54, 1.807) is 6.08 Å². The molecule has 0 fully saturated rings. The quantitative estimate of drug-likeness (QED) is 0.458. The van der Waals surface area contributed by atoms with Crippen molar-refractivity contribution in [2.45, 2.75) is 25.6 Å². The van der Waals surface area contributed by atoms with Crippen molar-refractivity contribution >= 4 is 25.4 Å². The van der Waals surface area contributed by atoms with E-state index in [0.29, 0.717) is 32.3 Å². The number of carbonyl (C=O) groups is 1. The number of carbonyl (C=O) groups excluding carboxylic acids is 1. The van der Waals surface area contributed by atoms with Crippen molar-refractivity contribution in [1.82, 2.24) is 0 Å². The Bertz CT molecular complexity index is 385. The Kier molecular flexibility index (Phi) is 6.77. The Morgan fingerprint density at radius 1 is 1.33 bits per heavy atom. The normalized spacial score (nSPS) is 12.9. The van der Waals surface area contributed by atoms with E-state index in [-0.39, 0.29) is 5.97 Å². The van der Waals surface area contributed by atoms with Gasteiger partial charge < -0.3 is 0 Å². The van der Waals surface area contributed by atoms with E-state index >= 15 is 0 Å². The van der Waals surface area contributed by atoms with Gasteiger partial charge in [-0.1, -0.05) is 0 Å². The number of esters is 1. The Labute approximate surface area is 116 Å². The molecule has 0 bridgehead atoms. The van der Waals surface area contributed by atoms with Gasteiger partial charge in [-0.2, -0.15) is 0 Å². The van der Waals surface area contributed by atoms with Gasteiger partial charge in [0.25, 0.3) is 0 Å². The number of benzene rings is 1. The van der Waals surface area contributed by atoms with Crippen LogP contribution in [0.2, 0.25) is 4.82 Å². The fourth-order valence-corrected chi connectivity index (χ4v) is 3.64. The molecular weight excluding hydrogens is 291 g/mol. The summed E-state index contributed by atoms with van der Waals surface area (Å²) in [5.41, 5.74) is 0. The van der Waals surface area contributed by atoms with Crippen LogP contribution in [0.25, 0.3) is 0 Å². The van der Waals surface area contributed by atoms with Gasteiger partial charge in [-0.3, -0.25) is 0 Å². The fraction of sp³-hybridized carbons (Fsp3) is 0.400. The summed E-state index contributed by atoms with van der Waals surface area (Å²) in [5, 5.41) is 0. The predicted molar refractivity (Wildman–Crippen MR) is 76.2 cm³/mol. The van der Waals surface area contributed by atoms with Crippen LogP contribution in [-0.4, -0.2) is 27.5 Å². The molecule has 0 amide bonds. The van der Waals surface area contributed by atoms with Crippen molar-refractivity contribution in [3.63, 3.8) is 0 Å². The van der Waals surface area contributed by atoms with Gasteiger partial charge in [-0.25, -0.2) is 0 Å². The second kappa shape index (κ2) is 8.12. The first-order chi connectivity index (χ1) is 8.63. The Morgan fingerprint density at radius 3 is 2.56 bits per heavy atom. The maximum absolute atomic E-state index is 11.3. The van der Waals surface area contributed by atoms with Gasteiger partial charge in [0.2, 0.25) is 0 Å². The zero-order valence-electron chi connectivity index (χ0n) is 11.1. The Balaban J connectivity index is 2.63. The van der Waals surface area contributed by atoms with Crippen molar-refractivity contribution in [2.75, 3.05) is 6.61 Å². The van der Waals surface area contributed by atoms with Crippen molar-refractivity contribution in [2.24, 2.45) is 5.92 Å². The van der Waals surface area contributed by atoms with Crippen LogP contribution in [0.5, 0.6) is 0 Å². The van der Waals surface area contributed by atoms with Crippen molar-refractivity contribution in [1.29, 1.82) is 0 Å². The molecule has 0 radical (unpaired) electrons. The van der Waals surface area contributed by atoms with Crippen LogP contribution in [0, 0.1) is 5.92 Å². The second-order valence-electron chi connectivity index (χ2n) is 4.25. The molecule has 2 nitrogen and oxygen atoms in total. The average molecular weight is 311 g/mol. The molecule has 98 valence electrons. The molecule has 18 heavy (non-hydrogen) atoms.